The number of aryl methyl sites for hydroxylation is 1. The third kappa shape index (κ3) is 2.35. The minimum absolute atomic E-state index is 0.469. The van der Waals surface area contributed by atoms with Crippen LogP contribution in [0.3, 0.4) is 0 Å². The fraction of sp³-hybridized carbons (Fsp3) is 0.133. The van der Waals surface area contributed by atoms with Crippen molar-refractivity contribution in [3.05, 3.63) is 52.1 Å². The van der Waals surface area contributed by atoms with Gasteiger partial charge in [-0.05, 0) is 36.8 Å². The predicted molar refractivity (Wildman–Crippen MR) is 82.0 cm³/mol. The van der Waals surface area contributed by atoms with Gasteiger partial charge in [0.1, 0.15) is 5.75 Å². The number of benzene rings is 2. The van der Waals surface area contributed by atoms with E-state index in [1.807, 2.05) is 18.2 Å². The molecule has 2 aromatic carbocycles. The van der Waals surface area contributed by atoms with Crippen molar-refractivity contribution in [1.29, 1.82) is 0 Å². The van der Waals surface area contributed by atoms with Crippen molar-refractivity contribution in [3.63, 3.8) is 0 Å². The third-order valence-electron chi connectivity index (χ3n) is 3.10. The molecule has 0 atom stereocenters. The highest BCUT2D eigenvalue weighted by molar-refractivity contribution is 6.37. The van der Waals surface area contributed by atoms with Gasteiger partial charge in [-0.2, -0.15) is 5.10 Å². The lowest BCUT2D eigenvalue weighted by Gasteiger charge is -2.09. The van der Waals surface area contributed by atoms with Gasteiger partial charge in [0, 0.05) is 11.1 Å². The Hall–Kier alpha value is -1.71. The molecule has 0 aliphatic carbocycles. The van der Waals surface area contributed by atoms with Crippen molar-refractivity contribution >= 4 is 34.1 Å². The average Bonchev–Trinajstić information content (AvgIpc) is 2.85. The number of halogens is 2. The smallest absolute Gasteiger partial charge is 0.164 e. The Labute approximate surface area is 126 Å². The van der Waals surface area contributed by atoms with Gasteiger partial charge in [-0.3, -0.25) is 5.10 Å². The molecule has 3 aromatic rings. The Bertz CT molecular complexity index is 747. The van der Waals surface area contributed by atoms with Gasteiger partial charge >= 0.3 is 0 Å². The normalized spacial score (nSPS) is 10.9. The summed E-state index contributed by atoms with van der Waals surface area (Å²) in [6, 6.07) is 11.0. The Kier molecular flexibility index (Phi) is 3.55. The number of rotatable bonds is 3. The quantitative estimate of drug-likeness (QED) is 0.720. The number of fused-ring (bicyclic) bond motifs is 1. The van der Waals surface area contributed by atoms with Crippen LogP contribution in [0.4, 0.5) is 0 Å². The fourth-order valence-electron chi connectivity index (χ4n) is 2.07. The molecule has 0 saturated heterocycles. The average molecular weight is 307 g/mol. The summed E-state index contributed by atoms with van der Waals surface area (Å²) in [4.78, 5) is 0. The molecule has 0 radical (unpaired) electrons. The minimum Gasteiger partial charge on any atom is -0.454 e. The molecule has 5 heteroatoms. The molecule has 0 bridgehead atoms. The third-order valence-corrected chi connectivity index (χ3v) is 3.69. The molecule has 0 unspecified atom stereocenters. The van der Waals surface area contributed by atoms with Gasteiger partial charge in [0.15, 0.2) is 5.75 Å². The maximum Gasteiger partial charge on any atom is 0.164 e. The molecular weight excluding hydrogens is 295 g/mol. The second-order valence-corrected chi connectivity index (χ2v) is 5.20. The molecule has 3 rings (SSSR count). The number of hydrogen-bond acceptors (Lipinski definition) is 2. The van der Waals surface area contributed by atoms with Gasteiger partial charge in [-0.25, -0.2) is 0 Å². The van der Waals surface area contributed by atoms with E-state index in [1.54, 1.807) is 18.2 Å². The molecule has 0 fully saturated rings. The highest BCUT2D eigenvalue weighted by atomic mass is 35.5. The molecule has 3 nitrogen and oxygen atoms in total. The zero-order valence-electron chi connectivity index (χ0n) is 10.8. The van der Waals surface area contributed by atoms with Gasteiger partial charge < -0.3 is 4.74 Å². The van der Waals surface area contributed by atoms with E-state index in [9.17, 15) is 0 Å². The van der Waals surface area contributed by atoms with E-state index in [4.69, 9.17) is 27.9 Å². The molecule has 102 valence electrons. The first kappa shape index (κ1) is 13.3. The number of nitrogens with one attached hydrogen (secondary N) is 1. The number of H-pyrrole nitrogens is 1. The molecule has 0 saturated carbocycles. The highest BCUT2D eigenvalue weighted by Crippen LogP contribution is 2.36. The van der Waals surface area contributed by atoms with Gasteiger partial charge in [-0.1, -0.05) is 36.2 Å². The zero-order valence-corrected chi connectivity index (χ0v) is 12.3. The molecule has 1 heterocycles. The number of aromatic nitrogens is 2. The van der Waals surface area contributed by atoms with Crippen LogP contribution < -0.4 is 4.74 Å². The van der Waals surface area contributed by atoms with Crippen molar-refractivity contribution in [2.75, 3.05) is 0 Å². The Morgan fingerprint density at radius 3 is 2.60 bits per heavy atom. The van der Waals surface area contributed by atoms with Crippen LogP contribution >= 0.6 is 23.2 Å². The second-order valence-electron chi connectivity index (χ2n) is 4.39. The number of para-hydroxylation sites is 1. The summed E-state index contributed by atoms with van der Waals surface area (Å²) in [5, 5.41) is 9.28. The largest absolute Gasteiger partial charge is 0.454 e. The first-order chi connectivity index (χ1) is 9.69. The zero-order chi connectivity index (χ0) is 14.1. The van der Waals surface area contributed by atoms with Gasteiger partial charge in [0.05, 0.1) is 15.6 Å². The summed E-state index contributed by atoms with van der Waals surface area (Å²) in [5.74, 6) is 1.15. The summed E-state index contributed by atoms with van der Waals surface area (Å²) in [6.07, 6.45) is 0.882. The van der Waals surface area contributed by atoms with Crippen LogP contribution in [-0.4, -0.2) is 10.2 Å². The van der Waals surface area contributed by atoms with E-state index in [0.29, 0.717) is 21.5 Å². The summed E-state index contributed by atoms with van der Waals surface area (Å²) in [5.41, 5.74) is 2.00. The van der Waals surface area contributed by atoms with Crippen molar-refractivity contribution in [2.24, 2.45) is 0 Å². The van der Waals surface area contributed by atoms with Crippen LogP contribution in [0.5, 0.6) is 11.5 Å². The summed E-state index contributed by atoms with van der Waals surface area (Å²) in [6.45, 7) is 2.07. The van der Waals surface area contributed by atoms with E-state index < -0.39 is 0 Å². The fourth-order valence-corrected chi connectivity index (χ4v) is 2.55. The monoisotopic (exact) mass is 306 g/mol. The van der Waals surface area contributed by atoms with Crippen LogP contribution in [0.2, 0.25) is 10.0 Å². The van der Waals surface area contributed by atoms with Gasteiger partial charge in [0.25, 0.3) is 0 Å². The van der Waals surface area contributed by atoms with E-state index in [2.05, 4.69) is 17.1 Å². The lowest BCUT2D eigenvalue weighted by molar-refractivity contribution is 0.484. The lowest BCUT2D eigenvalue weighted by Crippen LogP contribution is -1.87. The van der Waals surface area contributed by atoms with Crippen molar-refractivity contribution in [2.45, 2.75) is 13.3 Å². The topological polar surface area (TPSA) is 37.9 Å². The molecule has 0 aliphatic rings. The van der Waals surface area contributed by atoms with Crippen LogP contribution in [0, 0.1) is 0 Å². The van der Waals surface area contributed by atoms with Crippen LogP contribution in [0.15, 0.2) is 36.4 Å². The van der Waals surface area contributed by atoms with E-state index in [1.165, 1.54) is 0 Å². The minimum atomic E-state index is 0.469. The summed E-state index contributed by atoms with van der Waals surface area (Å²) in [7, 11) is 0. The molecule has 0 amide bonds. The maximum absolute atomic E-state index is 6.11. The number of hydrogen-bond donors (Lipinski definition) is 1. The van der Waals surface area contributed by atoms with E-state index in [0.717, 1.165) is 23.0 Å². The standard InChI is InChI=1S/C15H12Cl2N2O/c1-2-13-10-8-9(6-7-14(10)19-18-13)20-15-11(16)4-3-5-12(15)17/h3-8H,2H2,1H3,(H,18,19). The maximum atomic E-state index is 6.11. The predicted octanol–water partition coefficient (Wildman–Crippen LogP) is 5.22. The number of nitrogens with zero attached hydrogens (tertiary/aromatic N) is 1. The molecule has 20 heavy (non-hydrogen) atoms. The number of aromatic amines is 1. The second kappa shape index (κ2) is 5.35. The Morgan fingerprint density at radius 2 is 1.90 bits per heavy atom. The van der Waals surface area contributed by atoms with Crippen molar-refractivity contribution in [1.82, 2.24) is 10.2 Å². The SMILES string of the molecule is CCc1[nH]nc2ccc(Oc3c(Cl)cccc3Cl)cc12. The highest BCUT2D eigenvalue weighted by Gasteiger charge is 2.10. The Balaban J connectivity index is 2.02. The van der Waals surface area contributed by atoms with E-state index >= 15 is 0 Å². The van der Waals surface area contributed by atoms with Crippen molar-refractivity contribution in [3.8, 4) is 11.5 Å². The van der Waals surface area contributed by atoms with Crippen LogP contribution in [0.1, 0.15) is 12.6 Å². The lowest BCUT2D eigenvalue weighted by atomic mass is 10.2. The van der Waals surface area contributed by atoms with Gasteiger partial charge in [0.2, 0.25) is 0 Å². The summed E-state index contributed by atoms with van der Waals surface area (Å²) < 4.78 is 5.81. The van der Waals surface area contributed by atoms with Crippen molar-refractivity contribution < 1.29 is 4.74 Å². The Morgan fingerprint density at radius 1 is 1.15 bits per heavy atom. The number of ether oxygens (including phenoxy) is 1. The molecule has 0 spiro atoms. The first-order valence-electron chi connectivity index (χ1n) is 6.28. The molecule has 0 aliphatic heterocycles. The van der Waals surface area contributed by atoms with E-state index in [-0.39, 0.29) is 0 Å². The first-order valence-corrected chi connectivity index (χ1v) is 7.03. The molecule has 1 N–H and O–H groups in total. The van der Waals surface area contributed by atoms with Gasteiger partial charge in [-0.15, -0.1) is 0 Å². The van der Waals surface area contributed by atoms with Crippen LogP contribution in [-0.2, 0) is 6.42 Å². The summed E-state index contributed by atoms with van der Waals surface area (Å²) >= 11 is 12.2. The molecule has 1 aromatic heterocycles. The van der Waals surface area contributed by atoms with Crippen LogP contribution in [0.25, 0.3) is 10.9 Å². The molecular formula is C15H12Cl2N2O.